The first-order valence-electron chi connectivity index (χ1n) is 8.31. The van der Waals surface area contributed by atoms with E-state index in [-0.39, 0.29) is 35.7 Å². The molecule has 24 heavy (non-hydrogen) atoms. The highest BCUT2D eigenvalue weighted by Crippen LogP contribution is 2.29. The van der Waals surface area contributed by atoms with E-state index in [1.54, 1.807) is 0 Å². The standard InChI is InChI=1S/C18H22ClFO4/c1-12(13-6-2-3-7-13)23-16(21)10-5-11-17(22)24-18-14(19)8-4-9-15(18)20/h4,8-9,12-13H,2-3,5-7,10-11H2,1H3. The monoisotopic (exact) mass is 356 g/mol. The molecule has 1 atom stereocenters. The van der Waals surface area contributed by atoms with E-state index in [0.717, 1.165) is 18.9 Å². The molecule has 0 amide bonds. The van der Waals surface area contributed by atoms with Crippen LogP contribution in [0.2, 0.25) is 5.02 Å². The van der Waals surface area contributed by atoms with Gasteiger partial charge >= 0.3 is 11.9 Å². The van der Waals surface area contributed by atoms with Crippen molar-refractivity contribution in [1.82, 2.24) is 0 Å². The summed E-state index contributed by atoms with van der Waals surface area (Å²) in [5, 5.41) is 0.0353. The maximum Gasteiger partial charge on any atom is 0.311 e. The summed E-state index contributed by atoms with van der Waals surface area (Å²) in [4.78, 5) is 23.5. The van der Waals surface area contributed by atoms with Gasteiger partial charge in [-0.15, -0.1) is 0 Å². The molecule has 1 aromatic rings. The second-order valence-electron chi connectivity index (χ2n) is 6.12. The second-order valence-corrected chi connectivity index (χ2v) is 6.53. The molecule has 1 saturated carbocycles. The number of esters is 2. The Hall–Kier alpha value is -1.62. The van der Waals surface area contributed by atoms with E-state index in [4.69, 9.17) is 21.1 Å². The van der Waals surface area contributed by atoms with Gasteiger partial charge in [0.05, 0.1) is 5.02 Å². The summed E-state index contributed by atoms with van der Waals surface area (Å²) in [7, 11) is 0. The molecule has 0 saturated heterocycles. The van der Waals surface area contributed by atoms with Crippen LogP contribution in [0.25, 0.3) is 0 Å². The molecule has 6 heteroatoms. The Morgan fingerprint density at radius 2 is 1.92 bits per heavy atom. The summed E-state index contributed by atoms with van der Waals surface area (Å²) in [6.45, 7) is 1.92. The van der Waals surface area contributed by atoms with E-state index in [1.165, 1.54) is 25.0 Å². The highest BCUT2D eigenvalue weighted by Gasteiger charge is 2.24. The average molecular weight is 357 g/mol. The number of carbonyl (C=O) groups is 2. The second kappa shape index (κ2) is 9.02. The van der Waals surface area contributed by atoms with Crippen molar-refractivity contribution < 1.29 is 23.5 Å². The largest absolute Gasteiger partial charge is 0.462 e. The normalized spacial score (nSPS) is 16.0. The van der Waals surface area contributed by atoms with E-state index in [1.807, 2.05) is 6.92 Å². The minimum atomic E-state index is -0.694. The first kappa shape index (κ1) is 18.7. The lowest BCUT2D eigenvalue weighted by Gasteiger charge is -2.19. The number of hydrogen-bond donors (Lipinski definition) is 0. The Morgan fingerprint density at radius 3 is 2.58 bits per heavy atom. The molecule has 0 aromatic heterocycles. The van der Waals surface area contributed by atoms with E-state index in [2.05, 4.69) is 0 Å². The number of carbonyl (C=O) groups excluding carboxylic acids is 2. The zero-order valence-electron chi connectivity index (χ0n) is 13.7. The zero-order valence-corrected chi connectivity index (χ0v) is 14.5. The molecule has 2 rings (SSSR count). The van der Waals surface area contributed by atoms with Gasteiger partial charge in [-0.05, 0) is 44.2 Å². The topological polar surface area (TPSA) is 52.6 Å². The average Bonchev–Trinajstić information content (AvgIpc) is 3.05. The van der Waals surface area contributed by atoms with Crippen LogP contribution in [0, 0.1) is 11.7 Å². The van der Waals surface area contributed by atoms with Gasteiger partial charge in [-0.3, -0.25) is 9.59 Å². The Morgan fingerprint density at radius 1 is 1.25 bits per heavy atom. The molecule has 1 fully saturated rings. The summed E-state index contributed by atoms with van der Waals surface area (Å²) in [6, 6.07) is 4.03. The highest BCUT2D eigenvalue weighted by molar-refractivity contribution is 6.32. The molecule has 0 spiro atoms. The Balaban J connectivity index is 1.69. The van der Waals surface area contributed by atoms with Crippen LogP contribution in [-0.2, 0) is 14.3 Å². The van der Waals surface area contributed by atoms with Crippen molar-refractivity contribution in [1.29, 1.82) is 0 Å². The summed E-state index contributed by atoms with van der Waals surface area (Å²) in [6.07, 6.45) is 4.93. The van der Waals surface area contributed by atoms with Gasteiger partial charge in [0.2, 0.25) is 0 Å². The van der Waals surface area contributed by atoms with Crippen molar-refractivity contribution in [2.24, 2.45) is 5.92 Å². The molecule has 1 aliphatic rings. The fourth-order valence-corrected chi connectivity index (χ4v) is 3.11. The third-order valence-corrected chi connectivity index (χ3v) is 4.58. The van der Waals surface area contributed by atoms with Crippen LogP contribution in [0.15, 0.2) is 18.2 Å². The summed E-state index contributed by atoms with van der Waals surface area (Å²) in [5.41, 5.74) is 0. The van der Waals surface area contributed by atoms with Gasteiger partial charge < -0.3 is 9.47 Å². The molecule has 0 radical (unpaired) electrons. The van der Waals surface area contributed by atoms with Crippen LogP contribution < -0.4 is 4.74 Å². The molecule has 0 heterocycles. The summed E-state index contributed by atoms with van der Waals surface area (Å²) < 4.78 is 23.8. The van der Waals surface area contributed by atoms with Crippen molar-refractivity contribution in [2.75, 3.05) is 0 Å². The molecule has 132 valence electrons. The van der Waals surface area contributed by atoms with Crippen LogP contribution in [0.4, 0.5) is 4.39 Å². The number of hydrogen-bond acceptors (Lipinski definition) is 4. The third kappa shape index (κ3) is 5.48. The zero-order chi connectivity index (χ0) is 17.5. The van der Waals surface area contributed by atoms with E-state index < -0.39 is 11.8 Å². The molecular weight excluding hydrogens is 335 g/mol. The number of para-hydroxylation sites is 1. The van der Waals surface area contributed by atoms with Crippen LogP contribution in [-0.4, -0.2) is 18.0 Å². The van der Waals surface area contributed by atoms with Gasteiger partial charge in [-0.2, -0.15) is 0 Å². The molecule has 0 bridgehead atoms. The molecule has 0 aliphatic heterocycles. The van der Waals surface area contributed by atoms with Crippen molar-refractivity contribution in [3.8, 4) is 5.75 Å². The van der Waals surface area contributed by atoms with Gasteiger partial charge in [0.25, 0.3) is 0 Å². The van der Waals surface area contributed by atoms with E-state index in [0.29, 0.717) is 12.3 Å². The Kier molecular flexibility index (Phi) is 7.03. The van der Waals surface area contributed by atoms with Crippen molar-refractivity contribution >= 4 is 23.5 Å². The first-order chi connectivity index (χ1) is 11.5. The number of benzene rings is 1. The van der Waals surface area contributed by atoms with E-state index in [9.17, 15) is 14.0 Å². The highest BCUT2D eigenvalue weighted by atomic mass is 35.5. The van der Waals surface area contributed by atoms with Crippen LogP contribution in [0.5, 0.6) is 5.75 Å². The lowest BCUT2D eigenvalue weighted by atomic mass is 10.0. The smallest absolute Gasteiger partial charge is 0.311 e. The summed E-state index contributed by atoms with van der Waals surface area (Å²) in [5.74, 6) is -1.46. The van der Waals surface area contributed by atoms with Crippen LogP contribution >= 0.6 is 11.6 Å². The molecule has 1 unspecified atom stereocenters. The number of ether oxygens (including phenoxy) is 2. The predicted molar refractivity (Wildman–Crippen MR) is 88.4 cm³/mol. The predicted octanol–water partition coefficient (Wildman–Crippen LogP) is 4.68. The van der Waals surface area contributed by atoms with Gasteiger partial charge in [-0.25, -0.2) is 4.39 Å². The minimum Gasteiger partial charge on any atom is -0.462 e. The fraction of sp³-hybridized carbons (Fsp3) is 0.556. The van der Waals surface area contributed by atoms with Gasteiger partial charge in [0, 0.05) is 12.8 Å². The first-order valence-corrected chi connectivity index (χ1v) is 8.69. The SMILES string of the molecule is CC(OC(=O)CCCC(=O)Oc1c(F)cccc1Cl)C1CCCC1. The van der Waals surface area contributed by atoms with Crippen molar-refractivity contribution in [3.05, 3.63) is 29.0 Å². The lowest BCUT2D eigenvalue weighted by Crippen LogP contribution is -2.22. The van der Waals surface area contributed by atoms with Gasteiger partial charge in [0.1, 0.15) is 6.10 Å². The molecule has 0 N–H and O–H groups in total. The summed E-state index contributed by atoms with van der Waals surface area (Å²) >= 11 is 5.79. The fourth-order valence-electron chi connectivity index (χ4n) is 2.91. The lowest BCUT2D eigenvalue weighted by molar-refractivity contribution is -0.150. The minimum absolute atomic E-state index is 0.00241. The van der Waals surface area contributed by atoms with Gasteiger partial charge in [0.15, 0.2) is 11.6 Å². The number of halogens is 2. The van der Waals surface area contributed by atoms with E-state index >= 15 is 0 Å². The van der Waals surface area contributed by atoms with Gasteiger partial charge in [-0.1, -0.05) is 30.5 Å². The van der Waals surface area contributed by atoms with Crippen molar-refractivity contribution in [3.63, 3.8) is 0 Å². The van der Waals surface area contributed by atoms with Crippen LogP contribution in [0.3, 0.4) is 0 Å². The molecule has 1 aliphatic carbocycles. The molecular formula is C18H22ClFO4. The maximum atomic E-state index is 13.5. The van der Waals surface area contributed by atoms with Crippen molar-refractivity contribution in [2.45, 2.75) is 58.0 Å². The molecule has 4 nitrogen and oxygen atoms in total. The van der Waals surface area contributed by atoms with Crippen LogP contribution in [0.1, 0.15) is 51.9 Å². The quantitative estimate of drug-likeness (QED) is 0.526. The Labute approximate surface area is 146 Å². The molecule has 1 aromatic carbocycles. The number of rotatable bonds is 7. The third-order valence-electron chi connectivity index (χ3n) is 4.28. The maximum absolute atomic E-state index is 13.5. The Bertz CT molecular complexity index is 564.